The van der Waals surface area contributed by atoms with Crippen LogP contribution in [0.25, 0.3) is 0 Å². The van der Waals surface area contributed by atoms with Crippen LogP contribution < -0.4 is 10.5 Å². The van der Waals surface area contributed by atoms with Gasteiger partial charge in [0.05, 0.1) is 11.8 Å². The lowest BCUT2D eigenvalue weighted by Gasteiger charge is -2.12. The van der Waals surface area contributed by atoms with Crippen molar-refractivity contribution in [2.45, 2.75) is 25.3 Å². The maximum Gasteiger partial charge on any atom is 0.216 e. The predicted octanol–water partition coefficient (Wildman–Crippen LogP) is 1.78. The van der Waals surface area contributed by atoms with Crippen molar-refractivity contribution in [1.82, 2.24) is 9.71 Å². The molecule has 3 N–H and O–H groups in total. The SMILES string of the molecule is CC(NS(=O)(=O)Cc1cccc(CN)c1)c1nccs1. The molecule has 1 aromatic heterocycles. The van der Waals surface area contributed by atoms with Crippen LogP contribution >= 0.6 is 11.3 Å². The average molecular weight is 311 g/mol. The molecule has 20 heavy (non-hydrogen) atoms. The zero-order valence-electron chi connectivity index (χ0n) is 11.1. The minimum absolute atomic E-state index is 0.0590. The first kappa shape index (κ1) is 15.1. The Morgan fingerprint density at radius 1 is 1.40 bits per heavy atom. The van der Waals surface area contributed by atoms with E-state index < -0.39 is 10.0 Å². The number of nitrogens with two attached hydrogens (primary N) is 1. The molecule has 5 nitrogen and oxygen atoms in total. The van der Waals surface area contributed by atoms with Crippen LogP contribution in [0.4, 0.5) is 0 Å². The molecule has 0 saturated carbocycles. The zero-order chi connectivity index (χ0) is 14.6. The molecular formula is C13H17N3O2S2. The number of aromatic nitrogens is 1. The molecule has 1 atom stereocenters. The highest BCUT2D eigenvalue weighted by Gasteiger charge is 2.18. The number of nitrogens with one attached hydrogen (secondary N) is 1. The molecular weight excluding hydrogens is 294 g/mol. The Balaban J connectivity index is 2.07. The summed E-state index contributed by atoms with van der Waals surface area (Å²) in [6.07, 6.45) is 1.66. The molecule has 2 aromatic rings. The largest absolute Gasteiger partial charge is 0.326 e. The van der Waals surface area contributed by atoms with Crippen molar-refractivity contribution in [2.24, 2.45) is 5.73 Å². The standard InChI is InChI=1S/C13H17N3O2S2/c1-10(13-15-5-6-19-13)16-20(17,18)9-12-4-2-3-11(7-12)8-14/h2-7,10,16H,8-9,14H2,1H3. The molecule has 0 aliphatic heterocycles. The third-order valence-electron chi connectivity index (χ3n) is 2.76. The number of sulfonamides is 1. The molecule has 108 valence electrons. The minimum Gasteiger partial charge on any atom is -0.326 e. The summed E-state index contributed by atoms with van der Waals surface area (Å²) in [6.45, 7) is 2.18. The van der Waals surface area contributed by atoms with E-state index in [9.17, 15) is 8.42 Å². The topological polar surface area (TPSA) is 85.1 Å². The van der Waals surface area contributed by atoms with Crippen molar-refractivity contribution in [3.05, 3.63) is 52.0 Å². The third kappa shape index (κ3) is 4.11. The molecule has 0 bridgehead atoms. The summed E-state index contributed by atoms with van der Waals surface area (Å²) >= 11 is 1.43. The van der Waals surface area contributed by atoms with Gasteiger partial charge in [-0.1, -0.05) is 24.3 Å². The summed E-state index contributed by atoms with van der Waals surface area (Å²) in [4.78, 5) is 4.11. The fourth-order valence-corrected chi connectivity index (χ4v) is 3.95. The van der Waals surface area contributed by atoms with Crippen LogP contribution in [0.5, 0.6) is 0 Å². The highest BCUT2D eigenvalue weighted by atomic mass is 32.2. The minimum atomic E-state index is -3.41. The molecule has 0 amide bonds. The van der Waals surface area contributed by atoms with Crippen LogP contribution in [0, 0.1) is 0 Å². The van der Waals surface area contributed by atoms with E-state index >= 15 is 0 Å². The molecule has 0 spiro atoms. The third-order valence-corrected chi connectivity index (χ3v) is 5.15. The Labute approximate surface area is 122 Å². The second kappa shape index (κ2) is 6.45. The highest BCUT2D eigenvalue weighted by molar-refractivity contribution is 7.88. The highest BCUT2D eigenvalue weighted by Crippen LogP contribution is 2.17. The van der Waals surface area contributed by atoms with Gasteiger partial charge >= 0.3 is 0 Å². The van der Waals surface area contributed by atoms with Gasteiger partial charge in [-0.3, -0.25) is 0 Å². The first-order valence-corrected chi connectivity index (χ1v) is 8.70. The number of nitrogens with zero attached hydrogens (tertiary/aromatic N) is 1. The average Bonchev–Trinajstić information content (AvgIpc) is 2.91. The van der Waals surface area contributed by atoms with Crippen molar-refractivity contribution in [3.63, 3.8) is 0 Å². The van der Waals surface area contributed by atoms with Crippen LogP contribution in [0.3, 0.4) is 0 Å². The van der Waals surface area contributed by atoms with Crippen molar-refractivity contribution in [2.75, 3.05) is 0 Å². The first-order valence-electron chi connectivity index (χ1n) is 6.17. The van der Waals surface area contributed by atoms with Crippen molar-refractivity contribution in [1.29, 1.82) is 0 Å². The number of hydrogen-bond acceptors (Lipinski definition) is 5. The molecule has 0 fully saturated rings. The number of rotatable bonds is 6. The number of thiazole rings is 1. The summed E-state index contributed by atoms with van der Waals surface area (Å²) in [7, 11) is -3.41. The molecule has 0 aliphatic carbocycles. The molecule has 1 aromatic carbocycles. The van der Waals surface area contributed by atoms with E-state index in [0.29, 0.717) is 6.54 Å². The Morgan fingerprint density at radius 2 is 2.15 bits per heavy atom. The summed E-state index contributed by atoms with van der Waals surface area (Å²) in [5.74, 6) is -0.0590. The maximum atomic E-state index is 12.1. The molecule has 1 heterocycles. The Morgan fingerprint density at radius 3 is 2.80 bits per heavy atom. The smallest absolute Gasteiger partial charge is 0.216 e. The number of hydrogen-bond donors (Lipinski definition) is 2. The second-order valence-corrected chi connectivity index (χ2v) is 7.17. The lowest BCUT2D eigenvalue weighted by Crippen LogP contribution is -2.28. The van der Waals surface area contributed by atoms with E-state index in [1.807, 2.05) is 23.6 Å². The van der Waals surface area contributed by atoms with Gasteiger partial charge in [0.15, 0.2) is 0 Å². The maximum absolute atomic E-state index is 12.1. The Kier molecular flexibility index (Phi) is 4.87. The number of benzene rings is 1. The van der Waals surface area contributed by atoms with Gasteiger partial charge in [0.2, 0.25) is 10.0 Å². The predicted molar refractivity (Wildman–Crippen MR) is 80.6 cm³/mol. The van der Waals surface area contributed by atoms with Gasteiger partial charge in [0.25, 0.3) is 0 Å². The molecule has 7 heteroatoms. The van der Waals surface area contributed by atoms with Gasteiger partial charge in [-0.05, 0) is 18.1 Å². The molecule has 0 radical (unpaired) electrons. The lowest BCUT2D eigenvalue weighted by atomic mass is 10.1. The van der Waals surface area contributed by atoms with Crippen LogP contribution in [0.2, 0.25) is 0 Å². The summed E-state index contributed by atoms with van der Waals surface area (Å²) < 4.78 is 26.9. The van der Waals surface area contributed by atoms with E-state index in [-0.39, 0.29) is 11.8 Å². The fraction of sp³-hybridized carbons (Fsp3) is 0.308. The van der Waals surface area contributed by atoms with Crippen molar-refractivity contribution < 1.29 is 8.42 Å². The van der Waals surface area contributed by atoms with E-state index in [2.05, 4.69) is 9.71 Å². The van der Waals surface area contributed by atoms with Crippen LogP contribution in [-0.4, -0.2) is 13.4 Å². The van der Waals surface area contributed by atoms with Gasteiger partial charge in [0.1, 0.15) is 5.01 Å². The van der Waals surface area contributed by atoms with Gasteiger partial charge in [-0.25, -0.2) is 18.1 Å². The van der Waals surface area contributed by atoms with Crippen molar-refractivity contribution in [3.8, 4) is 0 Å². The van der Waals surface area contributed by atoms with E-state index in [1.165, 1.54) is 11.3 Å². The lowest BCUT2D eigenvalue weighted by molar-refractivity contribution is 0.565. The van der Waals surface area contributed by atoms with Crippen molar-refractivity contribution >= 4 is 21.4 Å². The normalized spacial score (nSPS) is 13.3. The molecule has 2 rings (SSSR count). The van der Waals surface area contributed by atoms with Gasteiger partial charge in [-0.2, -0.15) is 0 Å². The Bertz CT molecular complexity index is 654. The van der Waals surface area contributed by atoms with Gasteiger partial charge < -0.3 is 5.73 Å². The summed E-state index contributed by atoms with van der Waals surface area (Å²) in [5.41, 5.74) is 7.21. The Hall–Kier alpha value is -1.28. The summed E-state index contributed by atoms with van der Waals surface area (Å²) in [5, 5.41) is 2.58. The summed E-state index contributed by atoms with van der Waals surface area (Å²) in [6, 6.07) is 6.97. The van der Waals surface area contributed by atoms with E-state index in [4.69, 9.17) is 5.73 Å². The van der Waals surface area contributed by atoms with E-state index in [1.54, 1.807) is 19.2 Å². The van der Waals surface area contributed by atoms with E-state index in [0.717, 1.165) is 16.1 Å². The monoisotopic (exact) mass is 311 g/mol. The first-order chi connectivity index (χ1) is 9.50. The van der Waals surface area contributed by atoms with Crippen LogP contribution in [0.1, 0.15) is 29.1 Å². The molecule has 0 aliphatic rings. The van der Waals surface area contributed by atoms with Crippen LogP contribution in [0.15, 0.2) is 35.8 Å². The van der Waals surface area contributed by atoms with Gasteiger partial charge in [0, 0.05) is 18.1 Å². The van der Waals surface area contributed by atoms with Gasteiger partial charge in [-0.15, -0.1) is 11.3 Å². The quantitative estimate of drug-likeness (QED) is 0.851. The molecule has 1 unspecified atom stereocenters. The van der Waals surface area contributed by atoms with Crippen LogP contribution in [-0.2, 0) is 22.3 Å². The fourth-order valence-electron chi connectivity index (χ4n) is 1.88. The molecule has 0 saturated heterocycles. The zero-order valence-corrected chi connectivity index (χ0v) is 12.7. The second-order valence-electron chi connectivity index (χ2n) is 4.49.